The number of rotatable bonds is 6. The summed E-state index contributed by atoms with van der Waals surface area (Å²) in [7, 11) is 4.21. The van der Waals surface area contributed by atoms with Crippen LogP contribution in [0, 0.1) is 9.02 Å². The monoisotopic (exact) mass is 284 g/mol. The van der Waals surface area contributed by atoms with Crippen LogP contribution in [0.5, 0.6) is 0 Å². The molecule has 0 aliphatic heterocycles. The smallest absolute Gasteiger partial charge is 0.0796 e. The molecular weight excluding hydrogens is 260 g/mol. The SMILES string of the molecule is CN(C)CCCCNc1c(C(C)(C)C)c(=S)c1=S. The number of hydrogen-bond acceptors (Lipinski definition) is 4. The Hall–Kier alpha value is -0.320. The molecule has 0 bridgehead atoms. The molecular formula is C14H24N2S2. The zero-order valence-corrected chi connectivity index (χ0v) is 13.7. The molecule has 0 saturated carbocycles. The Morgan fingerprint density at radius 3 is 2.17 bits per heavy atom. The van der Waals surface area contributed by atoms with E-state index in [2.05, 4.69) is 45.1 Å². The van der Waals surface area contributed by atoms with E-state index in [-0.39, 0.29) is 5.41 Å². The third-order valence-corrected chi connectivity index (χ3v) is 3.94. The van der Waals surface area contributed by atoms with Gasteiger partial charge in [0.05, 0.1) is 14.7 Å². The van der Waals surface area contributed by atoms with Crippen LogP contribution < -0.4 is 5.32 Å². The fourth-order valence-electron chi connectivity index (χ4n) is 2.04. The second kappa shape index (κ2) is 6.22. The van der Waals surface area contributed by atoms with E-state index in [1.807, 2.05) is 0 Å². The van der Waals surface area contributed by atoms with E-state index in [4.69, 9.17) is 24.4 Å². The summed E-state index contributed by atoms with van der Waals surface area (Å²) in [6.07, 6.45) is 2.36. The number of nitrogens with one attached hydrogen (secondary N) is 1. The van der Waals surface area contributed by atoms with Crippen molar-refractivity contribution in [1.82, 2.24) is 4.90 Å². The molecule has 1 rings (SSSR count). The van der Waals surface area contributed by atoms with Crippen molar-refractivity contribution < 1.29 is 0 Å². The predicted molar refractivity (Wildman–Crippen MR) is 85.5 cm³/mol. The molecule has 4 heteroatoms. The van der Waals surface area contributed by atoms with Crippen molar-refractivity contribution in [3.05, 3.63) is 14.6 Å². The molecule has 2 nitrogen and oxygen atoms in total. The maximum atomic E-state index is 5.34. The summed E-state index contributed by atoms with van der Waals surface area (Å²) in [6, 6.07) is 0. The summed E-state index contributed by atoms with van der Waals surface area (Å²) >= 11 is 10.7. The first-order valence-corrected chi connectivity index (χ1v) is 7.29. The highest BCUT2D eigenvalue weighted by Gasteiger charge is 2.25. The molecule has 0 atom stereocenters. The molecule has 102 valence electrons. The molecule has 0 unspecified atom stereocenters. The van der Waals surface area contributed by atoms with Gasteiger partial charge in [-0.2, -0.15) is 0 Å². The van der Waals surface area contributed by atoms with Crippen LogP contribution in [-0.2, 0) is 5.41 Å². The molecule has 0 radical (unpaired) electrons. The molecule has 0 fully saturated rings. The average molecular weight is 284 g/mol. The van der Waals surface area contributed by atoms with Gasteiger partial charge in [0.15, 0.2) is 0 Å². The Balaban J connectivity index is 2.52. The van der Waals surface area contributed by atoms with Gasteiger partial charge in [-0.25, -0.2) is 0 Å². The van der Waals surface area contributed by atoms with Crippen LogP contribution >= 0.6 is 24.4 Å². The third kappa shape index (κ3) is 3.84. The van der Waals surface area contributed by atoms with Crippen LogP contribution in [0.15, 0.2) is 0 Å². The molecule has 0 aliphatic carbocycles. The predicted octanol–water partition coefficient (Wildman–Crippen LogP) is 4.07. The highest BCUT2D eigenvalue weighted by Crippen LogP contribution is 2.36. The maximum absolute atomic E-state index is 5.34. The first kappa shape index (κ1) is 15.7. The number of unbranched alkanes of at least 4 members (excludes halogenated alkanes) is 1. The molecule has 0 heterocycles. The standard InChI is InChI=1S/C14H24N2S2/c1-14(2,3)10-11(13(18)12(10)17)15-8-6-7-9-16(4)5/h15H,6-9H2,1-5H3. The third-order valence-electron chi connectivity index (χ3n) is 2.99. The van der Waals surface area contributed by atoms with E-state index in [0.717, 1.165) is 34.2 Å². The van der Waals surface area contributed by atoms with Crippen LogP contribution in [0.25, 0.3) is 0 Å². The second-order valence-corrected chi connectivity index (χ2v) is 6.91. The second-order valence-electron chi connectivity index (χ2n) is 6.10. The van der Waals surface area contributed by atoms with Crippen molar-refractivity contribution in [1.29, 1.82) is 0 Å². The Morgan fingerprint density at radius 1 is 1.06 bits per heavy atom. The Labute approximate surface area is 121 Å². The summed E-state index contributed by atoms with van der Waals surface area (Å²) in [5, 5.41) is 3.46. The number of hydrogen-bond donors (Lipinski definition) is 1. The first-order chi connectivity index (χ1) is 8.25. The van der Waals surface area contributed by atoms with E-state index in [0.29, 0.717) is 0 Å². The number of nitrogens with zero attached hydrogens (tertiary/aromatic N) is 1. The van der Waals surface area contributed by atoms with Crippen molar-refractivity contribution in [3.63, 3.8) is 0 Å². The van der Waals surface area contributed by atoms with E-state index >= 15 is 0 Å². The molecule has 1 aromatic rings. The van der Waals surface area contributed by atoms with Crippen LogP contribution in [0.2, 0.25) is 0 Å². The van der Waals surface area contributed by atoms with Crippen molar-refractivity contribution in [2.24, 2.45) is 0 Å². The Kier molecular flexibility index (Phi) is 5.44. The average Bonchev–Trinajstić information content (AvgIpc) is 2.24. The Morgan fingerprint density at radius 2 is 1.67 bits per heavy atom. The fraction of sp³-hybridized carbons (Fsp3) is 0.714. The lowest BCUT2D eigenvalue weighted by atomic mass is 9.83. The normalized spacial score (nSPS) is 12.3. The van der Waals surface area contributed by atoms with Gasteiger partial charge in [0.25, 0.3) is 0 Å². The van der Waals surface area contributed by atoms with Crippen LogP contribution in [0.3, 0.4) is 0 Å². The van der Waals surface area contributed by atoms with E-state index in [1.165, 1.54) is 12.0 Å². The van der Waals surface area contributed by atoms with Crippen molar-refractivity contribution in [3.8, 4) is 0 Å². The van der Waals surface area contributed by atoms with E-state index in [1.54, 1.807) is 0 Å². The summed E-state index contributed by atoms with van der Waals surface area (Å²) in [4.78, 5) is 2.21. The minimum Gasteiger partial charge on any atom is -0.384 e. The zero-order valence-electron chi connectivity index (χ0n) is 12.1. The molecule has 0 saturated heterocycles. The lowest BCUT2D eigenvalue weighted by Gasteiger charge is -2.27. The summed E-state index contributed by atoms with van der Waals surface area (Å²) in [5.41, 5.74) is 2.44. The highest BCUT2D eigenvalue weighted by atomic mass is 32.1. The summed E-state index contributed by atoms with van der Waals surface area (Å²) in [5.74, 6) is 0. The summed E-state index contributed by atoms with van der Waals surface area (Å²) < 4.78 is 1.73. The van der Waals surface area contributed by atoms with Crippen molar-refractivity contribution >= 4 is 30.1 Å². The minimum absolute atomic E-state index is 0.0887. The van der Waals surface area contributed by atoms with Gasteiger partial charge in [0, 0.05) is 12.1 Å². The van der Waals surface area contributed by atoms with Gasteiger partial charge < -0.3 is 10.2 Å². The highest BCUT2D eigenvalue weighted by molar-refractivity contribution is 7.74. The topological polar surface area (TPSA) is 15.3 Å². The van der Waals surface area contributed by atoms with Gasteiger partial charge in [-0.05, 0) is 38.9 Å². The minimum atomic E-state index is 0.0887. The van der Waals surface area contributed by atoms with E-state index in [9.17, 15) is 0 Å². The lowest BCUT2D eigenvalue weighted by molar-refractivity contribution is 0.396. The van der Waals surface area contributed by atoms with Crippen molar-refractivity contribution in [2.75, 3.05) is 32.5 Å². The summed E-state index contributed by atoms with van der Waals surface area (Å²) in [6.45, 7) is 8.67. The van der Waals surface area contributed by atoms with Gasteiger partial charge in [0.2, 0.25) is 0 Å². The van der Waals surface area contributed by atoms with Crippen molar-refractivity contribution in [2.45, 2.75) is 39.0 Å². The van der Waals surface area contributed by atoms with Crippen LogP contribution in [0.1, 0.15) is 39.2 Å². The van der Waals surface area contributed by atoms with Gasteiger partial charge in [-0.3, -0.25) is 0 Å². The largest absolute Gasteiger partial charge is 0.384 e. The quantitative estimate of drug-likeness (QED) is 0.625. The molecule has 18 heavy (non-hydrogen) atoms. The van der Waals surface area contributed by atoms with Crippen LogP contribution in [0.4, 0.5) is 5.69 Å². The molecule has 0 spiro atoms. The van der Waals surface area contributed by atoms with Gasteiger partial charge >= 0.3 is 0 Å². The van der Waals surface area contributed by atoms with Crippen LogP contribution in [-0.4, -0.2) is 32.1 Å². The lowest BCUT2D eigenvalue weighted by Crippen LogP contribution is -2.20. The first-order valence-electron chi connectivity index (χ1n) is 6.47. The molecule has 0 aromatic heterocycles. The molecule has 0 amide bonds. The van der Waals surface area contributed by atoms with E-state index < -0.39 is 0 Å². The molecule has 1 N–H and O–H groups in total. The Bertz CT molecular complexity index is 463. The van der Waals surface area contributed by atoms with Gasteiger partial charge in [-0.15, -0.1) is 0 Å². The van der Waals surface area contributed by atoms with Gasteiger partial charge in [0.1, 0.15) is 0 Å². The van der Waals surface area contributed by atoms with Gasteiger partial charge in [-0.1, -0.05) is 45.2 Å². The molecule has 1 aromatic carbocycles. The fourth-order valence-corrected chi connectivity index (χ4v) is 2.83. The zero-order chi connectivity index (χ0) is 13.9. The number of anilines is 1. The molecule has 0 aliphatic rings. The maximum Gasteiger partial charge on any atom is 0.0796 e.